The summed E-state index contributed by atoms with van der Waals surface area (Å²) in [5.74, 6) is 0. The van der Waals surface area contributed by atoms with Crippen LogP contribution in [0.2, 0.25) is 0 Å². The van der Waals surface area contributed by atoms with Crippen molar-refractivity contribution >= 4 is 0 Å². The van der Waals surface area contributed by atoms with E-state index in [0.29, 0.717) is 6.54 Å². The molecule has 0 aliphatic heterocycles. The number of aryl methyl sites for hydroxylation is 1. The van der Waals surface area contributed by atoms with Crippen molar-refractivity contribution in [3.63, 3.8) is 0 Å². The highest BCUT2D eigenvalue weighted by Crippen LogP contribution is 2.29. The molecule has 1 aliphatic carbocycles. The molecule has 1 fully saturated rings. The second-order valence-corrected chi connectivity index (χ2v) is 5.30. The van der Waals surface area contributed by atoms with Crippen LogP contribution in [0.3, 0.4) is 0 Å². The summed E-state index contributed by atoms with van der Waals surface area (Å²) in [6, 6.07) is 0. The van der Waals surface area contributed by atoms with Gasteiger partial charge in [-0.2, -0.15) is 0 Å². The van der Waals surface area contributed by atoms with Gasteiger partial charge >= 0.3 is 0 Å². The van der Waals surface area contributed by atoms with Crippen molar-refractivity contribution in [3.8, 4) is 0 Å². The predicted molar refractivity (Wildman–Crippen MR) is 72.3 cm³/mol. The third kappa shape index (κ3) is 3.82. The Hall–Kier alpha value is -0.870. The Kier molecular flexibility index (Phi) is 5.20. The van der Waals surface area contributed by atoms with E-state index in [1.807, 2.05) is 18.7 Å². The maximum atomic E-state index is 6.14. The summed E-state index contributed by atoms with van der Waals surface area (Å²) in [5, 5.41) is 0. The third-order valence-electron chi connectivity index (χ3n) is 3.91. The van der Waals surface area contributed by atoms with Gasteiger partial charge in [-0.25, -0.2) is 4.98 Å². The smallest absolute Gasteiger partial charge is 0.0945 e. The van der Waals surface area contributed by atoms with Crippen molar-refractivity contribution in [3.05, 3.63) is 18.7 Å². The zero-order valence-electron chi connectivity index (χ0n) is 11.2. The van der Waals surface area contributed by atoms with Crippen LogP contribution < -0.4 is 5.73 Å². The number of nitrogens with zero attached hydrogens (tertiary/aromatic N) is 2. The monoisotopic (exact) mass is 251 g/mol. The fourth-order valence-corrected chi connectivity index (χ4v) is 2.74. The van der Waals surface area contributed by atoms with E-state index < -0.39 is 0 Å². The summed E-state index contributed by atoms with van der Waals surface area (Å²) in [5.41, 5.74) is 5.91. The predicted octanol–water partition coefficient (Wildman–Crippen LogP) is 2.34. The molecular weight excluding hydrogens is 226 g/mol. The lowest BCUT2D eigenvalue weighted by Gasteiger charge is -2.31. The minimum absolute atomic E-state index is 0.0363. The molecular formula is C14H25N3O. The maximum Gasteiger partial charge on any atom is 0.0945 e. The Morgan fingerprint density at radius 1 is 1.22 bits per heavy atom. The van der Waals surface area contributed by atoms with Crippen molar-refractivity contribution in [2.75, 3.05) is 13.2 Å². The van der Waals surface area contributed by atoms with Crippen LogP contribution in [-0.4, -0.2) is 28.3 Å². The average molecular weight is 251 g/mol. The second-order valence-electron chi connectivity index (χ2n) is 5.30. The Morgan fingerprint density at radius 3 is 2.61 bits per heavy atom. The number of aromatic nitrogens is 2. The Bertz CT molecular complexity index is 316. The molecule has 0 amide bonds. The normalized spacial score (nSPS) is 19.6. The van der Waals surface area contributed by atoms with E-state index in [9.17, 15) is 0 Å². The SMILES string of the molecule is NCC1(OCCCn2ccnc2)CCCCCC1. The highest BCUT2D eigenvalue weighted by atomic mass is 16.5. The molecule has 0 spiro atoms. The van der Waals surface area contributed by atoms with Crippen LogP contribution in [0.15, 0.2) is 18.7 Å². The van der Waals surface area contributed by atoms with Crippen LogP contribution in [0.4, 0.5) is 0 Å². The van der Waals surface area contributed by atoms with Gasteiger partial charge in [0.05, 0.1) is 11.9 Å². The Labute approximate surface area is 110 Å². The molecule has 2 rings (SSSR count). The molecule has 1 aliphatic rings. The minimum Gasteiger partial charge on any atom is -0.374 e. The summed E-state index contributed by atoms with van der Waals surface area (Å²) in [4.78, 5) is 4.04. The molecule has 4 heteroatoms. The van der Waals surface area contributed by atoms with Gasteiger partial charge in [-0.1, -0.05) is 25.7 Å². The second kappa shape index (κ2) is 6.90. The molecule has 2 N–H and O–H groups in total. The Morgan fingerprint density at radius 2 is 2.00 bits per heavy atom. The summed E-state index contributed by atoms with van der Waals surface area (Å²) < 4.78 is 8.23. The first kappa shape index (κ1) is 13.6. The summed E-state index contributed by atoms with van der Waals surface area (Å²) in [7, 11) is 0. The molecule has 1 aromatic heterocycles. The molecule has 0 unspecified atom stereocenters. The van der Waals surface area contributed by atoms with E-state index in [0.717, 1.165) is 32.4 Å². The van der Waals surface area contributed by atoms with E-state index in [2.05, 4.69) is 9.55 Å². The molecule has 102 valence electrons. The van der Waals surface area contributed by atoms with Crippen molar-refractivity contribution in [2.24, 2.45) is 5.73 Å². The quantitative estimate of drug-likeness (QED) is 0.623. The van der Waals surface area contributed by atoms with Crippen molar-refractivity contribution in [2.45, 2.75) is 57.1 Å². The van der Waals surface area contributed by atoms with Gasteiger partial charge in [0.15, 0.2) is 0 Å². The number of nitrogens with two attached hydrogens (primary N) is 1. The summed E-state index contributed by atoms with van der Waals surface area (Å²) in [6.45, 7) is 2.44. The molecule has 0 aromatic carbocycles. The molecule has 0 atom stereocenters. The lowest BCUT2D eigenvalue weighted by atomic mass is 9.94. The van der Waals surface area contributed by atoms with E-state index in [1.165, 1.54) is 25.7 Å². The number of rotatable bonds is 6. The van der Waals surface area contributed by atoms with Crippen molar-refractivity contribution < 1.29 is 4.74 Å². The molecule has 18 heavy (non-hydrogen) atoms. The number of ether oxygens (including phenoxy) is 1. The molecule has 4 nitrogen and oxygen atoms in total. The highest BCUT2D eigenvalue weighted by molar-refractivity contribution is 4.84. The van der Waals surface area contributed by atoms with Crippen LogP contribution in [0.25, 0.3) is 0 Å². The largest absolute Gasteiger partial charge is 0.374 e. The average Bonchev–Trinajstić information content (AvgIpc) is 2.80. The maximum absolute atomic E-state index is 6.14. The Balaban J connectivity index is 1.72. The van der Waals surface area contributed by atoms with Crippen LogP contribution in [-0.2, 0) is 11.3 Å². The molecule has 0 radical (unpaired) electrons. The van der Waals surface area contributed by atoms with Crippen LogP contribution in [0, 0.1) is 0 Å². The lowest BCUT2D eigenvalue weighted by Crippen LogP contribution is -2.40. The zero-order valence-corrected chi connectivity index (χ0v) is 11.2. The first-order chi connectivity index (χ1) is 8.85. The first-order valence-electron chi connectivity index (χ1n) is 7.14. The molecule has 1 aromatic rings. The van der Waals surface area contributed by atoms with Gasteiger partial charge in [-0.15, -0.1) is 0 Å². The number of hydrogen-bond acceptors (Lipinski definition) is 3. The fraction of sp³-hybridized carbons (Fsp3) is 0.786. The summed E-state index contributed by atoms with van der Waals surface area (Å²) in [6.07, 6.45) is 14.1. The van der Waals surface area contributed by atoms with Crippen LogP contribution >= 0.6 is 0 Å². The zero-order chi connectivity index (χ0) is 12.7. The minimum atomic E-state index is -0.0363. The van der Waals surface area contributed by atoms with Gasteiger partial charge in [0.2, 0.25) is 0 Å². The van der Waals surface area contributed by atoms with E-state index >= 15 is 0 Å². The van der Waals surface area contributed by atoms with Crippen molar-refractivity contribution in [1.82, 2.24) is 9.55 Å². The topological polar surface area (TPSA) is 53.1 Å². The fourth-order valence-electron chi connectivity index (χ4n) is 2.74. The van der Waals surface area contributed by atoms with Gasteiger partial charge in [0.25, 0.3) is 0 Å². The molecule has 0 bridgehead atoms. The van der Waals surface area contributed by atoms with Gasteiger partial charge in [0.1, 0.15) is 0 Å². The molecule has 1 saturated carbocycles. The van der Waals surface area contributed by atoms with Gasteiger partial charge in [-0.05, 0) is 19.3 Å². The standard InChI is InChI=1S/C14H25N3O/c15-12-14(6-3-1-2-4-7-14)18-11-5-9-17-10-8-16-13-17/h8,10,13H,1-7,9,11-12,15H2. The molecule has 1 heterocycles. The van der Waals surface area contributed by atoms with Crippen LogP contribution in [0.5, 0.6) is 0 Å². The summed E-state index contributed by atoms with van der Waals surface area (Å²) >= 11 is 0. The van der Waals surface area contributed by atoms with E-state index in [-0.39, 0.29) is 5.60 Å². The van der Waals surface area contributed by atoms with E-state index in [1.54, 1.807) is 0 Å². The number of imidazole rings is 1. The molecule has 0 saturated heterocycles. The van der Waals surface area contributed by atoms with Crippen molar-refractivity contribution in [1.29, 1.82) is 0 Å². The van der Waals surface area contributed by atoms with Gasteiger partial charge in [-0.3, -0.25) is 0 Å². The van der Waals surface area contributed by atoms with Crippen LogP contribution in [0.1, 0.15) is 44.9 Å². The highest BCUT2D eigenvalue weighted by Gasteiger charge is 2.29. The number of hydrogen-bond donors (Lipinski definition) is 1. The van der Waals surface area contributed by atoms with E-state index in [4.69, 9.17) is 10.5 Å². The lowest BCUT2D eigenvalue weighted by molar-refractivity contribution is -0.0511. The van der Waals surface area contributed by atoms with Gasteiger partial charge in [0, 0.05) is 32.1 Å². The van der Waals surface area contributed by atoms with Gasteiger partial charge < -0.3 is 15.0 Å². The first-order valence-corrected chi connectivity index (χ1v) is 7.14. The third-order valence-corrected chi connectivity index (χ3v) is 3.91.